The van der Waals surface area contributed by atoms with E-state index in [0.717, 1.165) is 18.2 Å². The van der Waals surface area contributed by atoms with E-state index in [1.165, 1.54) is 17.7 Å². The Kier molecular flexibility index (Phi) is 3.63. The van der Waals surface area contributed by atoms with Gasteiger partial charge >= 0.3 is 12.3 Å². The second-order valence-corrected chi connectivity index (χ2v) is 4.36. The molecule has 0 bridgehead atoms. The van der Waals surface area contributed by atoms with Gasteiger partial charge in [0, 0.05) is 24.2 Å². The Morgan fingerprint density at radius 3 is 2.57 bits per heavy atom. The third-order valence-electron chi connectivity index (χ3n) is 2.89. The second-order valence-electron chi connectivity index (χ2n) is 4.36. The molecule has 0 saturated carbocycles. The minimum atomic E-state index is -4.85. The lowest BCUT2D eigenvalue weighted by molar-refractivity contribution is -0.274. The molecule has 0 unspecified atom stereocenters. The number of rotatable bonds is 3. The summed E-state index contributed by atoms with van der Waals surface area (Å²) in [7, 11) is 1.53. The molecular weight excluding hydrogens is 291 g/mol. The van der Waals surface area contributed by atoms with Crippen molar-refractivity contribution in [3.8, 4) is 5.75 Å². The van der Waals surface area contributed by atoms with Crippen molar-refractivity contribution in [2.75, 3.05) is 0 Å². The molecule has 2 aromatic rings. The Morgan fingerprint density at radius 2 is 2.00 bits per heavy atom. The summed E-state index contributed by atoms with van der Waals surface area (Å²) in [5.74, 6) is -1.61. The first kappa shape index (κ1) is 14.9. The van der Waals surface area contributed by atoms with E-state index in [0.29, 0.717) is 5.52 Å². The summed E-state index contributed by atoms with van der Waals surface area (Å²) in [5.41, 5.74) is 0.0183. The lowest BCUT2D eigenvalue weighted by Crippen LogP contribution is -2.18. The van der Waals surface area contributed by atoms with Crippen molar-refractivity contribution in [2.45, 2.75) is 12.8 Å². The van der Waals surface area contributed by atoms with Gasteiger partial charge in [-0.15, -0.1) is 13.2 Å². The van der Waals surface area contributed by atoms with Crippen molar-refractivity contribution in [1.29, 1.82) is 0 Å². The van der Waals surface area contributed by atoms with E-state index in [1.807, 2.05) is 0 Å². The van der Waals surface area contributed by atoms with E-state index >= 15 is 0 Å². The van der Waals surface area contributed by atoms with Gasteiger partial charge in [-0.25, -0.2) is 0 Å². The van der Waals surface area contributed by atoms with Crippen molar-refractivity contribution in [2.24, 2.45) is 7.05 Å². The van der Waals surface area contributed by atoms with Crippen molar-refractivity contribution >= 4 is 16.9 Å². The highest BCUT2D eigenvalue weighted by atomic mass is 19.4. The molecule has 0 radical (unpaired) electrons. The van der Waals surface area contributed by atoms with Gasteiger partial charge in [-0.1, -0.05) is 0 Å². The molecule has 0 fully saturated rings. The molecule has 0 aliphatic carbocycles. The van der Waals surface area contributed by atoms with Crippen LogP contribution in [0.5, 0.6) is 5.75 Å². The molecule has 1 heterocycles. The van der Waals surface area contributed by atoms with E-state index in [-0.39, 0.29) is 17.5 Å². The average Bonchev–Trinajstić information content (AvgIpc) is 2.33. The molecule has 8 heteroatoms. The number of nitrogens with zero attached hydrogens (tertiary/aromatic N) is 1. The molecule has 5 nitrogen and oxygen atoms in total. The number of benzene rings is 1. The van der Waals surface area contributed by atoms with Crippen LogP contribution in [0.4, 0.5) is 13.2 Å². The monoisotopic (exact) mass is 301 g/mol. The van der Waals surface area contributed by atoms with Crippen LogP contribution in [-0.2, 0) is 18.3 Å². The highest BCUT2D eigenvalue weighted by molar-refractivity contribution is 5.81. The number of halogens is 3. The standard InChI is InChI=1S/C13H10F3NO4/c1-17-7(5-12(19)20)4-11(18)9-6-8(2-3-10(9)17)21-13(14,15)16/h2-4,6H,5H2,1H3,(H,19,20). The number of carboxylic acid groups (broad SMARTS) is 1. The number of hydrogen-bond acceptors (Lipinski definition) is 3. The normalized spacial score (nSPS) is 11.6. The number of ether oxygens (including phenoxy) is 1. The molecule has 0 spiro atoms. The van der Waals surface area contributed by atoms with Gasteiger partial charge in [-0.05, 0) is 18.2 Å². The summed E-state index contributed by atoms with van der Waals surface area (Å²) in [5, 5.41) is 8.79. The molecule has 0 atom stereocenters. The number of hydrogen-bond donors (Lipinski definition) is 1. The number of carboxylic acids is 1. The molecule has 0 amide bonds. The number of carbonyl (C=O) groups is 1. The Balaban J connectivity index is 2.57. The number of fused-ring (bicyclic) bond motifs is 1. The maximum Gasteiger partial charge on any atom is 0.573 e. The van der Waals surface area contributed by atoms with Crippen molar-refractivity contribution < 1.29 is 27.8 Å². The molecule has 112 valence electrons. The third kappa shape index (κ3) is 3.33. The Hall–Kier alpha value is -2.51. The first-order chi connectivity index (χ1) is 9.67. The van der Waals surface area contributed by atoms with E-state index in [1.54, 1.807) is 0 Å². The zero-order valence-electron chi connectivity index (χ0n) is 10.8. The van der Waals surface area contributed by atoms with E-state index in [2.05, 4.69) is 4.74 Å². The van der Waals surface area contributed by atoms with E-state index in [4.69, 9.17) is 5.11 Å². The van der Waals surface area contributed by atoms with Gasteiger partial charge in [0.05, 0.1) is 11.9 Å². The van der Waals surface area contributed by atoms with Crippen LogP contribution < -0.4 is 10.2 Å². The van der Waals surface area contributed by atoms with E-state index < -0.39 is 23.5 Å². The number of aryl methyl sites for hydroxylation is 1. The average molecular weight is 301 g/mol. The molecule has 0 saturated heterocycles. The molecule has 1 N–H and O–H groups in total. The van der Waals surface area contributed by atoms with Crippen LogP contribution >= 0.6 is 0 Å². The number of pyridine rings is 1. The summed E-state index contributed by atoms with van der Waals surface area (Å²) in [6.07, 6.45) is -5.20. The van der Waals surface area contributed by atoms with Gasteiger partial charge in [-0.2, -0.15) is 0 Å². The zero-order chi connectivity index (χ0) is 15.8. The maximum absolute atomic E-state index is 12.2. The quantitative estimate of drug-likeness (QED) is 0.942. The highest BCUT2D eigenvalue weighted by Crippen LogP contribution is 2.25. The van der Waals surface area contributed by atoms with Crippen LogP contribution in [0.15, 0.2) is 29.1 Å². The van der Waals surface area contributed by atoms with Crippen molar-refractivity contribution in [3.63, 3.8) is 0 Å². The summed E-state index contributed by atoms with van der Waals surface area (Å²) < 4.78 is 41.7. The van der Waals surface area contributed by atoms with Gasteiger partial charge in [0.25, 0.3) is 0 Å². The van der Waals surface area contributed by atoms with Crippen LogP contribution in [0.1, 0.15) is 5.69 Å². The summed E-state index contributed by atoms with van der Waals surface area (Å²) >= 11 is 0. The van der Waals surface area contributed by atoms with Crippen molar-refractivity contribution in [3.05, 3.63) is 40.2 Å². The minimum Gasteiger partial charge on any atom is -0.481 e. The van der Waals surface area contributed by atoms with Gasteiger partial charge in [0.2, 0.25) is 0 Å². The summed E-state index contributed by atoms with van der Waals surface area (Å²) in [6.45, 7) is 0. The molecule has 0 aliphatic heterocycles. The first-order valence-corrected chi connectivity index (χ1v) is 5.77. The fraction of sp³-hybridized carbons (Fsp3) is 0.231. The first-order valence-electron chi connectivity index (χ1n) is 5.77. The number of alkyl halides is 3. The fourth-order valence-corrected chi connectivity index (χ4v) is 2.01. The maximum atomic E-state index is 12.2. The molecule has 0 aliphatic rings. The van der Waals surface area contributed by atoms with Crippen LogP contribution in [0.3, 0.4) is 0 Å². The highest BCUT2D eigenvalue weighted by Gasteiger charge is 2.31. The Labute approximate surface area is 116 Å². The summed E-state index contributed by atoms with van der Waals surface area (Å²) in [4.78, 5) is 22.6. The van der Waals surface area contributed by atoms with Gasteiger partial charge < -0.3 is 14.4 Å². The summed E-state index contributed by atoms with van der Waals surface area (Å²) in [6, 6.07) is 4.42. The zero-order valence-corrected chi connectivity index (χ0v) is 10.8. The second kappa shape index (κ2) is 5.12. The van der Waals surface area contributed by atoms with Crippen LogP contribution in [0.25, 0.3) is 10.9 Å². The fourth-order valence-electron chi connectivity index (χ4n) is 2.01. The Bertz CT molecular complexity index is 764. The van der Waals surface area contributed by atoms with Crippen LogP contribution in [0, 0.1) is 0 Å². The number of aliphatic carboxylic acids is 1. The largest absolute Gasteiger partial charge is 0.573 e. The van der Waals surface area contributed by atoms with Crippen LogP contribution in [-0.4, -0.2) is 22.0 Å². The van der Waals surface area contributed by atoms with Crippen LogP contribution in [0.2, 0.25) is 0 Å². The molecule has 1 aromatic carbocycles. The van der Waals surface area contributed by atoms with Gasteiger partial charge in [0.15, 0.2) is 5.43 Å². The molecule has 2 rings (SSSR count). The third-order valence-corrected chi connectivity index (χ3v) is 2.89. The molecular formula is C13H10F3NO4. The van der Waals surface area contributed by atoms with Gasteiger partial charge in [-0.3, -0.25) is 9.59 Å². The van der Waals surface area contributed by atoms with Gasteiger partial charge in [0.1, 0.15) is 5.75 Å². The lowest BCUT2D eigenvalue weighted by atomic mass is 10.1. The predicted molar refractivity (Wildman–Crippen MR) is 67.2 cm³/mol. The Morgan fingerprint density at radius 1 is 1.33 bits per heavy atom. The molecule has 21 heavy (non-hydrogen) atoms. The predicted octanol–water partition coefficient (Wildman–Crippen LogP) is 2.06. The SMILES string of the molecule is Cn1c(CC(=O)O)cc(=O)c2cc(OC(F)(F)F)ccc21. The number of aromatic nitrogens is 1. The topological polar surface area (TPSA) is 68.5 Å². The minimum absolute atomic E-state index is 0.0217. The van der Waals surface area contributed by atoms with E-state index in [9.17, 15) is 22.8 Å². The smallest absolute Gasteiger partial charge is 0.481 e. The lowest BCUT2D eigenvalue weighted by Gasteiger charge is -2.13. The van der Waals surface area contributed by atoms with Crippen molar-refractivity contribution in [1.82, 2.24) is 4.57 Å². The molecule has 1 aromatic heterocycles.